The van der Waals surface area contributed by atoms with Gasteiger partial charge in [0.1, 0.15) is 11.9 Å². The van der Waals surface area contributed by atoms with Crippen molar-refractivity contribution in [3.05, 3.63) is 48.8 Å². The molecule has 0 bridgehead atoms. The molecule has 0 saturated heterocycles. The third kappa shape index (κ3) is 2.20. The smallest absolute Gasteiger partial charge is 0.219 e. The summed E-state index contributed by atoms with van der Waals surface area (Å²) in [7, 11) is 0. The van der Waals surface area contributed by atoms with Crippen LogP contribution in [0, 0.1) is 38.5 Å². The lowest BCUT2D eigenvalue weighted by Crippen LogP contribution is -2.36. The van der Waals surface area contributed by atoms with E-state index in [0.717, 1.165) is 18.4 Å². The molecular weight excluding hydrogens is 208 g/mol. The lowest BCUT2D eigenvalue weighted by atomic mass is 10.1. The van der Waals surface area contributed by atoms with Crippen LogP contribution in [0.5, 0.6) is 0 Å². The molecule has 0 spiro atoms. The van der Waals surface area contributed by atoms with Gasteiger partial charge in [0.25, 0.3) is 0 Å². The normalized spacial score (nSPS) is 17.5. The zero-order valence-electron chi connectivity index (χ0n) is 9.07. The number of hydrogen-bond donors (Lipinski definition) is 0. The number of halogens is 1. The lowest BCUT2D eigenvalue weighted by Gasteiger charge is -2.04. The monoisotopic (exact) mass is 222 g/mol. The number of imidazole rings is 1. The van der Waals surface area contributed by atoms with E-state index in [0.29, 0.717) is 0 Å². The minimum Gasteiger partial charge on any atom is -0.219 e. The Morgan fingerprint density at radius 3 is 2.53 bits per heavy atom. The third-order valence-corrected chi connectivity index (χ3v) is 3.05. The molecule has 0 N–H and O–H groups in total. The van der Waals surface area contributed by atoms with E-state index < -0.39 is 0 Å². The van der Waals surface area contributed by atoms with Gasteiger partial charge in [-0.05, 0) is 32.6 Å². The quantitative estimate of drug-likeness (QED) is 0.694. The van der Waals surface area contributed by atoms with E-state index in [1.165, 1.54) is 11.6 Å². The number of rotatable bonds is 3. The van der Waals surface area contributed by atoms with Crippen molar-refractivity contribution >= 4 is 11.6 Å². The van der Waals surface area contributed by atoms with E-state index in [1.54, 1.807) is 0 Å². The van der Waals surface area contributed by atoms with Gasteiger partial charge in [0, 0.05) is 24.4 Å². The molecule has 1 saturated carbocycles. The Balaban J connectivity index is 2.13. The summed E-state index contributed by atoms with van der Waals surface area (Å²) in [5.41, 5.74) is 1.20. The minimum absolute atomic E-state index is 0.802. The molecule has 3 heteroatoms. The Hall–Kier alpha value is -0.500. The van der Waals surface area contributed by atoms with Gasteiger partial charge in [0.2, 0.25) is 0 Å². The predicted octanol–water partition coefficient (Wildman–Crippen LogP) is 2.16. The van der Waals surface area contributed by atoms with Crippen molar-refractivity contribution in [3.63, 3.8) is 0 Å². The van der Waals surface area contributed by atoms with Crippen LogP contribution in [0.3, 0.4) is 0 Å². The summed E-state index contributed by atoms with van der Waals surface area (Å²) in [5, 5.41) is 0.802. The van der Waals surface area contributed by atoms with Gasteiger partial charge < -0.3 is 0 Å². The summed E-state index contributed by atoms with van der Waals surface area (Å²) in [4.78, 5) is 0. The van der Waals surface area contributed by atoms with Crippen molar-refractivity contribution in [2.75, 3.05) is 0 Å². The molecule has 15 heavy (non-hydrogen) atoms. The van der Waals surface area contributed by atoms with Crippen LogP contribution in [0.1, 0.15) is 12.6 Å². The van der Waals surface area contributed by atoms with E-state index in [1.807, 2.05) is 12.8 Å². The van der Waals surface area contributed by atoms with Gasteiger partial charge in [-0.2, -0.15) is 0 Å². The van der Waals surface area contributed by atoms with Crippen molar-refractivity contribution < 1.29 is 4.57 Å². The van der Waals surface area contributed by atoms with E-state index in [2.05, 4.69) is 42.0 Å². The molecule has 1 aliphatic carbocycles. The third-order valence-electron chi connectivity index (χ3n) is 2.63. The van der Waals surface area contributed by atoms with Crippen molar-refractivity contribution in [2.45, 2.75) is 26.9 Å². The molecule has 5 radical (unpaired) electrons. The fourth-order valence-corrected chi connectivity index (χ4v) is 2.22. The fourth-order valence-electron chi connectivity index (χ4n) is 1.86. The maximum absolute atomic E-state index is 6.27. The second kappa shape index (κ2) is 4.56. The second-order valence-corrected chi connectivity index (χ2v) is 4.04. The molecule has 0 unspecified atom stereocenters. The highest BCUT2D eigenvalue weighted by atomic mass is 35.5. The molecular formula is C12H15ClN2+. The Morgan fingerprint density at radius 2 is 2.00 bits per heavy atom. The Morgan fingerprint density at radius 1 is 1.33 bits per heavy atom. The molecule has 1 fully saturated rings. The van der Waals surface area contributed by atoms with Crippen molar-refractivity contribution in [3.8, 4) is 0 Å². The first kappa shape index (κ1) is 11.0. The van der Waals surface area contributed by atoms with Crippen LogP contribution in [0.25, 0.3) is 0 Å². The van der Waals surface area contributed by atoms with Crippen LogP contribution in [-0.4, -0.2) is 4.57 Å². The molecule has 1 heterocycles. The Bertz CT molecular complexity index is 338. The molecule has 1 aromatic heterocycles. The van der Waals surface area contributed by atoms with Gasteiger partial charge in [-0.3, -0.25) is 0 Å². The first-order valence-corrected chi connectivity index (χ1v) is 5.56. The van der Waals surface area contributed by atoms with E-state index in [9.17, 15) is 0 Å². The summed E-state index contributed by atoms with van der Waals surface area (Å²) in [6.07, 6.45) is 10.4. The Kier molecular flexibility index (Phi) is 3.35. The predicted molar refractivity (Wildman–Crippen MR) is 60.5 cm³/mol. The largest absolute Gasteiger partial charge is 0.354 e. The van der Waals surface area contributed by atoms with Crippen LogP contribution in [0.15, 0.2) is 6.20 Å². The zero-order chi connectivity index (χ0) is 10.8. The summed E-state index contributed by atoms with van der Waals surface area (Å²) < 4.78 is 4.18. The number of aryl methyl sites for hydroxylation is 1. The van der Waals surface area contributed by atoms with Crippen molar-refractivity contribution in [1.29, 1.82) is 0 Å². The van der Waals surface area contributed by atoms with E-state index >= 15 is 0 Å². The molecule has 1 aliphatic rings. The highest BCUT2D eigenvalue weighted by Gasteiger charge is 2.24. The summed E-state index contributed by atoms with van der Waals surface area (Å²) in [6.45, 7) is 5.95. The Labute approximate surface area is 96.9 Å². The molecule has 0 atom stereocenters. The number of hydrogen-bond acceptors (Lipinski definition) is 0. The number of aromatic nitrogens is 2. The van der Waals surface area contributed by atoms with Gasteiger partial charge in [-0.25, -0.2) is 9.13 Å². The highest BCUT2D eigenvalue weighted by Crippen LogP contribution is 2.23. The van der Waals surface area contributed by atoms with E-state index in [4.69, 9.17) is 11.6 Å². The second-order valence-electron chi connectivity index (χ2n) is 3.70. The fraction of sp³-hybridized carbons (Fsp3) is 0.333. The highest BCUT2D eigenvalue weighted by molar-refractivity contribution is 6.27. The molecule has 0 aliphatic heterocycles. The zero-order valence-corrected chi connectivity index (χ0v) is 9.83. The van der Waals surface area contributed by atoms with Crippen molar-refractivity contribution in [2.24, 2.45) is 0 Å². The first-order chi connectivity index (χ1) is 7.22. The molecule has 2 rings (SSSR count). The lowest BCUT2D eigenvalue weighted by molar-refractivity contribution is -0.689. The standard InChI is InChI=1S/C12H15ClN2/c1-3-15-10(2)8-14(12(15)13)9-11-6-4-5-7-11/h4-8H,3,9H2,1-2H3/q+1. The van der Waals surface area contributed by atoms with E-state index in [-0.39, 0.29) is 0 Å². The SMILES string of the molecule is CCn1c(C)c[n+](C[C]2[CH][CH][CH][CH]2)c1Cl. The van der Waals surface area contributed by atoms with Gasteiger partial charge >= 0.3 is 5.28 Å². The summed E-state index contributed by atoms with van der Waals surface area (Å²) in [5.74, 6) is 1.29. The topological polar surface area (TPSA) is 8.81 Å². The molecule has 0 aromatic carbocycles. The van der Waals surface area contributed by atoms with Gasteiger partial charge in [0.15, 0.2) is 0 Å². The molecule has 2 nitrogen and oxygen atoms in total. The van der Waals surface area contributed by atoms with Crippen LogP contribution in [0.4, 0.5) is 0 Å². The van der Waals surface area contributed by atoms with Gasteiger partial charge in [-0.15, -0.1) is 0 Å². The number of nitrogens with zero attached hydrogens (tertiary/aromatic N) is 2. The van der Waals surface area contributed by atoms with Crippen molar-refractivity contribution in [1.82, 2.24) is 4.57 Å². The molecule has 0 amide bonds. The maximum atomic E-state index is 6.27. The summed E-state index contributed by atoms with van der Waals surface area (Å²) in [6, 6.07) is 0. The van der Waals surface area contributed by atoms with Crippen LogP contribution < -0.4 is 4.57 Å². The maximum Gasteiger partial charge on any atom is 0.354 e. The summed E-state index contributed by atoms with van der Waals surface area (Å²) >= 11 is 6.27. The molecule has 1 aromatic rings. The average molecular weight is 223 g/mol. The van der Waals surface area contributed by atoms with Crippen LogP contribution in [-0.2, 0) is 13.1 Å². The minimum atomic E-state index is 0.802. The first-order valence-electron chi connectivity index (χ1n) is 5.18. The molecule has 79 valence electrons. The van der Waals surface area contributed by atoms with Crippen LogP contribution in [0.2, 0.25) is 5.28 Å². The average Bonchev–Trinajstić information content (AvgIpc) is 2.78. The van der Waals surface area contributed by atoms with Gasteiger partial charge in [-0.1, -0.05) is 0 Å². The van der Waals surface area contributed by atoms with Crippen LogP contribution >= 0.6 is 11.6 Å². The van der Waals surface area contributed by atoms with Gasteiger partial charge in [0.05, 0.1) is 13.1 Å².